The van der Waals surface area contributed by atoms with Crippen molar-refractivity contribution < 1.29 is 4.79 Å². The quantitative estimate of drug-likeness (QED) is 0.544. The molecule has 7 heteroatoms. The second kappa shape index (κ2) is 7.14. The number of rotatable bonds is 5. The van der Waals surface area contributed by atoms with Crippen molar-refractivity contribution in [1.82, 2.24) is 14.5 Å². The molecule has 0 radical (unpaired) electrons. The number of aryl methyl sites for hydroxylation is 2. The van der Waals surface area contributed by atoms with Crippen molar-refractivity contribution in [2.75, 3.05) is 11.1 Å². The van der Waals surface area contributed by atoms with Crippen LogP contribution in [0.2, 0.25) is 0 Å². The molecule has 0 aliphatic heterocycles. The number of hydrogen-bond acceptors (Lipinski definition) is 4. The Labute approximate surface area is 149 Å². The highest BCUT2D eigenvalue weighted by Crippen LogP contribution is 2.19. The van der Waals surface area contributed by atoms with Gasteiger partial charge in [0.05, 0.1) is 11.3 Å². The van der Waals surface area contributed by atoms with Gasteiger partial charge in [-0.25, -0.2) is 4.98 Å². The van der Waals surface area contributed by atoms with E-state index in [1.165, 1.54) is 16.3 Å². The first-order chi connectivity index (χ1) is 12.0. The SMILES string of the molecule is CCc1ccccc1NC(=O)CSc1nc2cc(C)[nH]c2c(=O)n1C. The number of nitrogens with one attached hydrogen (secondary N) is 2. The van der Waals surface area contributed by atoms with Crippen molar-refractivity contribution in [3.05, 3.63) is 51.9 Å². The molecule has 0 spiro atoms. The molecule has 25 heavy (non-hydrogen) atoms. The lowest BCUT2D eigenvalue weighted by Gasteiger charge is -2.10. The summed E-state index contributed by atoms with van der Waals surface area (Å²) >= 11 is 1.25. The summed E-state index contributed by atoms with van der Waals surface area (Å²) < 4.78 is 1.47. The van der Waals surface area contributed by atoms with Crippen LogP contribution in [0.4, 0.5) is 5.69 Å². The zero-order valence-corrected chi connectivity index (χ0v) is 15.2. The van der Waals surface area contributed by atoms with Gasteiger partial charge < -0.3 is 10.3 Å². The molecule has 0 atom stereocenters. The number of amides is 1. The first kappa shape index (κ1) is 17.3. The van der Waals surface area contributed by atoms with E-state index in [4.69, 9.17) is 0 Å². The summed E-state index contributed by atoms with van der Waals surface area (Å²) in [6.07, 6.45) is 0.850. The zero-order chi connectivity index (χ0) is 18.0. The number of carbonyl (C=O) groups is 1. The van der Waals surface area contributed by atoms with Gasteiger partial charge in [0.1, 0.15) is 5.52 Å². The van der Waals surface area contributed by atoms with Crippen LogP contribution in [0.25, 0.3) is 11.0 Å². The van der Waals surface area contributed by atoms with Gasteiger partial charge in [-0.3, -0.25) is 14.2 Å². The van der Waals surface area contributed by atoms with Crippen LogP contribution in [-0.4, -0.2) is 26.2 Å². The summed E-state index contributed by atoms with van der Waals surface area (Å²) in [6, 6.07) is 9.57. The first-order valence-electron chi connectivity index (χ1n) is 8.06. The van der Waals surface area contributed by atoms with E-state index >= 15 is 0 Å². The van der Waals surface area contributed by atoms with Gasteiger partial charge in [-0.2, -0.15) is 0 Å². The van der Waals surface area contributed by atoms with Gasteiger partial charge in [-0.05, 0) is 31.0 Å². The lowest BCUT2D eigenvalue weighted by molar-refractivity contribution is -0.113. The van der Waals surface area contributed by atoms with E-state index in [1.54, 1.807) is 7.05 Å². The summed E-state index contributed by atoms with van der Waals surface area (Å²) in [5.74, 6) is 0.0678. The predicted octanol–water partition coefficient (Wildman–Crippen LogP) is 2.86. The first-order valence-corrected chi connectivity index (χ1v) is 9.05. The molecule has 130 valence electrons. The Morgan fingerprint density at radius 2 is 2.12 bits per heavy atom. The fourth-order valence-corrected chi connectivity index (χ4v) is 3.43. The highest BCUT2D eigenvalue weighted by molar-refractivity contribution is 7.99. The Bertz CT molecular complexity index is 990. The number of H-pyrrole nitrogens is 1. The van der Waals surface area contributed by atoms with Gasteiger partial charge >= 0.3 is 0 Å². The molecule has 2 heterocycles. The van der Waals surface area contributed by atoms with Crippen molar-refractivity contribution in [1.29, 1.82) is 0 Å². The monoisotopic (exact) mass is 356 g/mol. The van der Waals surface area contributed by atoms with E-state index in [-0.39, 0.29) is 17.2 Å². The number of thioether (sulfide) groups is 1. The number of carbonyl (C=O) groups excluding carboxylic acids is 1. The van der Waals surface area contributed by atoms with E-state index in [0.717, 1.165) is 23.4 Å². The lowest BCUT2D eigenvalue weighted by Crippen LogP contribution is -2.21. The third-order valence-electron chi connectivity index (χ3n) is 3.96. The molecular formula is C18H20N4O2S. The topological polar surface area (TPSA) is 79.8 Å². The maximum atomic E-state index is 12.4. The van der Waals surface area contributed by atoms with Gasteiger partial charge in [-0.15, -0.1) is 0 Å². The fraction of sp³-hybridized carbons (Fsp3) is 0.278. The number of hydrogen-bond donors (Lipinski definition) is 2. The van der Waals surface area contributed by atoms with E-state index in [9.17, 15) is 9.59 Å². The molecule has 0 saturated heterocycles. The van der Waals surface area contributed by atoms with Gasteiger partial charge in [0.25, 0.3) is 5.56 Å². The van der Waals surface area contributed by atoms with Crippen molar-refractivity contribution >= 4 is 34.4 Å². The number of fused-ring (bicyclic) bond motifs is 1. The smallest absolute Gasteiger partial charge is 0.278 e. The summed E-state index contributed by atoms with van der Waals surface area (Å²) in [7, 11) is 1.66. The number of aromatic nitrogens is 3. The minimum atomic E-state index is -0.141. The van der Waals surface area contributed by atoms with Crippen molar-refractivity contribution in [3.8, 4) is 0 Å². The van der Waals surface area contributed by atoms with Crippen molar-refractivity contribution in [2.45, 2.75) is 25.4 Å². The molecule has 0 unspecified atom stereocenters. The van der Waals surface area contributed by atoms with Crippen LogP contribution >= 0.6 is 11.8 Å². The largest absolute Gasteiger partial charge is 0.353 e. The number of benzene rings is 1. The summed E-state index contributed by atoms with van der Waals surface area (Å²) in [5.41, 5.74) is 3.78. The fourth-order valence-electron chi connectivity index (χ4n) is 2.65. The van der Waals surface area contributed by atoms with Crippen LogP contribution < -0.4 is 10.9 Å². The molecule has 6 nitrogen and oxygen atoms in total. The third kappa shape index (κ3) is 3.61. The Morgan fingerprint density at radius 3 is 2.88 bits per heavy atom. The molecule has 0 aliphatic rings. The standard InChI is InChI=1S/C18H20N4O2S/c1-4-12-7-5-6-8-13(12)20-15(23)10-25-18-21-14-9-11(2)19-16(14)17(24)22(18)3/h5-9,19H,4,10H2,1-3H3,(H,20,23). The molecule has 3 aromatic rings. The summed E-state index contributed by atoms with van der Waals surface area (Å²) in [4.78, 5) is 32.1. The maximum Gasteiger partial charge on any atom is 0.278 e. The third-order valence-corrected chi connectivity index (χ3v) is 4.99. The Morgan fingerprint density at radius 1 is 1.36 bits per heavy atom. The lowest BCUT2D eigenvalue weighted by atomic mass is 10.1. The minimum absolute atomic E-state index is 0.120. The molecule has 0 aliphatic carbocycles. The molecule has 0 fully saturated rings. The average Bonchev–Trinajstić information content (AvgIpc) is 2.98. The predicted molar refractivity (Wildman–Crippen MR) is 101 cm³/mol. The van der Waals surface area contributed by atoms with Crippen LogP contribution in [0.5, 0.6) is 0 Å². The Balaban J connectivity index is 1.75. The minimum Gasteiger partial charge on any atom is -0.353 e. The van der Waals surface area contributed by atoms with Gasteiger partial charge in [0.15, 0.2) is 5.16 Å². The molecule has 2 aromatic heterocycles. The maximum absolute atomic E-state index is 12.4. The van der Waals surface area contributed by atoms with E-state index in [1.807, 2.05) is 44.2 Å². The number of aromatic amines is 1. The molecule has 0 saturated carbocycles. The number of para-hydroxylation sites is 1. The molecule has 1 amide bonds. The second-order valence-electron chi connectivity index (χ2n) is 5.82. The molecule has 0 bridgehead atoms. The van der Waals surface area contributed by atoms with Crippen molar-refractivity contribution in [2.24, 2.45) is 7.05 Å². The van der Waals surface area contributed by atoms with Gasteiger partial charge in [-0.1, -0.05) is 36.9 Å². The molecule has 1 aromatic carbocycles. The van der Waals surface area contributed by atoms with Crippen LogP contribution in [-0.2, 0) is 18.3 Å². The van der Waals surface area contributed by atoms with E-state index < -0.39 is 0 Å². The van der Waals surface area contributed by atoms with E-state index in [2.05, 4.69) is 15.3 Å². The molecule has 3 rings (SSSR count). The van der Waals surface area contributed by atoms with Crippen LogP contribution in [0.3, 0.4) is 0 Å². The number of nitrogens with zero attached hydrogens (tertiary/aromatic N) is 2. The highest BCUT2D eigenvalue weighted by atomic mass is 32.2. The average molecular weight is 356 g/mol. The van der Waals surface area contributed by atoms with Gasteiger partial charge in [0, 0.05) is 18.4 Å². The normalized spacial score (nSPS) is 11.0. The number of anilines is 1. The van der Waals surface area contributed by atoms with Crippen LogP contribution in [0.1, 0.15) is 18.2 Å². The second-order valence-corrected chi connectivity index (χ2v) is 6.76. The van der Waals surface area contributed by atoms with Crippen LogP contribution in [0, 0.1) is 6.92 Å². The highest BCUT2D eigenvalue weighted by Gasteiger charge is 2.13. The van der Waals surface area contributed by atoms with Crippen molar-refractivity contribution in [3.63, 3.8) is 0 Å². The van der Waals surface area contributed by atoms with Gasteiger partial charge in [0.2, 0.25) is 5.91 Å². The zero-order valence-electron chi connectivity index (χ0n) is 14.4. The van der Waals surface area contributed by atoms with Crippen LogP contribution in [0.15, 0.2) is 40.3 Å². The Hall–Kier alpha value is -2.54. The summed E-state index contributed by atoms with van der Waals surface area (Å²) in [5, 5.41) is 3.45. The molecular weight excluding hydrogens is 336 g/mol. The van der Waals surface area contributed by atoms with E-state index in [0.29, 0.717) is 16.2 Å². The molecule has 2 N–H and O–H groups in total. The Kier molecular flexibility index (Phi) is 4.94. The summed E-state index contributed by atoms with van der Waals surface area (Å²) in [6.45, 7) is 3.93.